The highest BCUT2D eigenvalue weighted by Gasteiger charge is 2.31. The third kappa shape index (κ3) is 5.82. The van der Waals surface area contributed by atoms with Gasteiger partial charge in [0.2, 0.25) is 5.95 Å². The molecule has 0 amide bonds. The molecule has 0 unspecified atom stereocenters. The zero-order chi connectivity index (χ0) is 23.3. The van der Waals surface area contributed by atoms with Crippen LogP contribution >= 0.6 is 11.9 Å². The first-order valence-electron chi connectivity index (χ1n) is 8.96. The molecule has 0 saturated carbocycles. The second-order valence-corrected chi connectivity index (χ2v) is 7.31. The Hall–Kier alpha value is -3.47. The van der Waals surface area contributed by atoms with Gasteiger partial charge in [0, 0.05) is 34.4 Å². The van der Waals surface area contributed by atoms with Crippen molar-refractivity contribution in [2.45, 2.75) is 11.1 Å². The molecule has 0 aliphatic carbocycles. The molecule has 0 atom stereocenters. The molecule has 11 heteroatoms. The van der Waals surface area contributed by atoms with Crippen LogP contribution in [0.1, 0.15) is 11.1 Å². The van der Waals surface area contributed by atoms with Gasteiger partial charge in [0.1, 0.15) is 12.5 Å². The number of benzene rings is 1. The average molecular weight is 465 g/mol. The van der Waals surface area contributed by atoms with Crippen molar-refractivity contribution in [2.75, 3.05) is 12.4 Å². The molecule has 3 N–H and O–H groups in total. The lowest BCUT2D eigenvalue weighted by atomic mass is 10.0. The van der Waals surface area contributed by atoms with E-state index in [-0.39, 0.29) is 22.1 Å². The zero-order valence-electron chi connectivity index (χ0n) is 16.3. The molecule has 2 heterocycles. The topological polar surface area (TPSA) is 76.7 Å². The van der Waals surface area contributed by atoms with Crippen molar-refractivity contribution < 1.29 is 22.0 Å². The standard InChI is InChI=1S/C21H16F5N5S/c1-12(13-2-5-19-14(6-13)9-29-20(27)30-19)18(23)4-3-16(8-22)31-32-17-7-15(10-28-11-17)21(24,25)26/h2-7,9-11,31H,1,8H2,(H2,27,29,30)/b16-3+,18-4+. The lowest BCUT2D eigenvalue weighted by molar-refractivity contribution is -0.138. The van der Waals surface area contributed by atoms with Crippen LogP contribution in [-0.2, 0) is 6.18 Å². The van der Waals surface area contributed by atoms with Gasteiger partial charge >= 0.3 is 6.18 Å². The Morgan fingerprint density at radius 2 is 1.94 bits per heavy atom. The minimum absolute atomic E-state index is 0.0490. The van der Waals surface area contributed by atoms with Crippen LogP contribution in [0.5, 0.6) is 0 Å². The van der Waals surface area contributed by atoms with Crippen LogP contribution in [0.2, 0.25) is 0 Å². The molecule has 0 fully saturated rings. The minimum Gasteiger partial charge on any atom is -0.368 e. The fourth-order valence-corrected chi connectivity index (χ4v) is 3.18. The van der Waals surface area contributed by atoms with Crippen LogP contribution in [0.25, 0.3) is 16.5 Å². The molecule has 3 rings (SSSR count). The molecule has 0 aliphatic rings. The molecule has 3 aromatic rings. The first kappa shape index (κ1) is 23.2. The Labute approximate surface area is 184 Å². The van der Waals surface area contributed by atoms with E-state index >= 15 is 0 Å². The highest BCUT2D eigenvalue weighted by atomic mass is 32.2. The van der Waals surface area contributed by atoms with Gasteiger partial charge in [-0.3, -0.25) is 4.98 Å². The SMILES string of the molecule is C=C(/C(F)=C\C=C(/CF)NSc1cncc(C(F)(F)F)c1)c1ccc2nc(N)ncc2c1. The Morgan fingerprint density at radius 1 is 1.16 bits per heavy atom. The normalized spacial score (nSPS) is 12.8. The van der Waals surface area contributed by atoms with Crippen LogP contribution in [-0.4, -0.2) is 21.6 Å². The second-order valence-electron chi connectivity index (χ2n) is 6.43. The third-order valence-corrected chi connectivity index (χ3v) is 4.97. The van der Waals surface area contributed by atoms with E-state index in [2.05, 4.69) is 26.3 Å². The Morgan fingerprint density at radius 3 is 2.66 bits per heavy atom. The van der Waals surface area contributed by atoms with Crippen molar-refractivity contribution in [1.82, 2.24) is 19.7 Å². The molecule has 0 spiro atoms. The highest BCUT2D eigenvalue weighted by Crippen LogP contribution is 2.31. The summed E-state index contributed by atoms with van der Waals surface area (Å²) < 4.78 is 68.6. The number of allylic oxidation sites excluding steroid dienone is 5. The molecular formula is C21H16F5N5S. The first-order chi connectivity index (χ1) is 15.2. The monoisotopic (exact) mass is 465 g/mol. The van der Waals surface area contributed by atoms with E-state index < -0.39 is 24.2 Å². The number of rotatable bonds is 7. The fourth-order valence-electron chi connectivity index (χ4n) is 2.51. The molecular weight excluding hydrogens is 449 g/mol. The molecule has 166 valence electrons. The zero-order valence-corrected chi connectivity index (χ0v) is 17.1. The minimum atomic E-state index is -4.55. The van der Waals surface area contributed by atoms with Crippen LogP contribution in [0, 0.1) is 0 Å². The van der Waals surface area contributed by atoms with E-state index in [9.17, 15) is 22.0 Å². The number of nitrogens with two attached hydrogens (primary N) is 1. The smallest absolute Gasteiger partial charge is 0.368 e. The summed E-state index contributed by atoms with van der Waals surface area (Å²) in [4.78, 5) is 11.6. The summed E-state index contributed by atoms with van der Waals surface area (Å²) >= 11 is 0.723. The van der Waals surface area contributed by atoms with Crippen molar-refractivity contribution in [2.24, 2.45) is 0 Å². The van der Waals surface area contributed by atoms with E-state index in [0.717, 1.165) is 30.2 Å². The second kappa shape index (κ2) is 9.77. The van der Waals surface area contributed by atoms with Gasteiger partial charge < -0.3 is 10.5 Å². The summed E-state index contributed by atoms with van der Waals surface area (Å²) in [7, 11) is 0. The highest BCUT2D eigenvalue weighted by molar-refractivity contribution is 7.97. The van der Waals surface area contributed by atoms with Crippen LogP contribution in [0.4, 0.5) is 27.9 Å². The summed E-state index contributed by atoms with van der Waals surface area (Å²) in [5, 5.41) is 0.637. The maximum atomic E-state index is 14.6. The van der Waals surface area contributed by atoms with Gasteiger partial charge in [-0.25, -0.2) is 18.7 Å². The lowest BCUT2D eigenvalue weighted by Gasteiger charge is -2.09. The van der Waals surface area contributed by atoms with Gasteiger partial charge in [-0.05, 0) is 47.9 Å². The van der Waals surface area contributed by atoms with Crippen LogP contribution < -0.4 is 10.5 Å². The van der Waals surface area contributed by atoms with E-state index in [0.29, 0.717) is 22.7 Å². The predicted molar refractivity (Wildman–Crippen MR) is 114 cm³/mol. The largest absolute Gasteiger partial charge is 0.417 e. The van der Waals surface area contributed by atoms with Gasteiger partial charge in [0.05, 0.1) is 16.8 Å². The van der Waals surface area contributed by atoms with E-state index in [1.165, 1.54) is 12.4 Å². The van der Waals surface area contributed by atoms with Gasteiger partial charge in [-0.15, -0.1) is 0 Å². The molecule has 0 saturated heterocycles. The van der Waals surface area contributed by atoms with Crippen LogP contribution in [0.15, 0.2) is 78.0 Å². The number of anilines is 1. The Bertz CT molecular complexity index is 1210. The summed E-state index contributed by atoms with van der Waals surface area (Å²) in [5.74, 6) is -0.607. The summed E-state index contributed by atoms with van der Waals surface area (Å²) in [6, 6.07) is 5.76. The fraction of sp³-hybridized carbons (Fsp3) is 0.0952. The molecule has 0 aliphatic heterocycles. The maximum Gasteiger partial charge on any atom is 0.417 e. The number of hydrogen-bond acceptors (Lipinski definition) is 6. The van der Waals surface area contributed by atoms with E-state index in [4.69, 9.17) is 5.73 Å². The summed E-state index contributed by atoms with van der Waals surface area (Å²) in [6.07, 6.45) is 0.987. The van der Waals surface area contributed by atoms with Gasteiger partial charge in [-0.1, -0.05) is 12.6 Å². The van der Waals surface area contributed by atoms with Crippen molar-refractivity contribution in [1.29, 1.82) is 0 Å². The molecule has 32 heavy (non-hydrogen) atoms. The van der Waals surface area contributed by atoms with Gasteiger partial charge in [0.25, 0.3) is 0 Å². The number of aromatic nitrogens is 3. The number of nitrogens with zero attached hydrogens (tertiary/aromatic N) is 3. The Balaban J connectivity index is 1.71. The van der Waals surface area contributed by atoms with Crippen molar-refractivity contribution in [3.63, 3.8) is 0 Å². The molecule has 2 aromatic heterocycles. The van der Waals surface area contributed by atoms with Gasteiger partial charge in [0.15, 0.2) is 0 Å². The summed E-state index contributed by atoms with van der Waals surface area (Å²) in [5.41, 5.74) is 5.65. The molecule has 0 radical (unpaired) electrons. The number of pyridine rings is 1. The number of alkyl halides is 4. The van der Waals surface area contributed by atoms with Gasteiger partial charge in [-0.2, -0.15) is 13.2 Å². The van der Waals surface area contributed by atoms with Crippen molar-refractivity contribution in [3.05, 3.63) is 84.2 Å². The number of fused-ring (bicyclic) bond motifs is 1. The van der Waals surface area contributed by atoms with E-state index in [1.807, 2.05) is 0 Å². The molecule has 0 bridgehead atoms. The number of hydrogen-bond donors (Lipinski definition) is 2. The lowest BCUT2D eigenvalue weighted by Crippen LogP contribution is -2.08. The van der Waals surface area contributed by atoms with Crippen LogP contribution in [0.3, 0.4) is 0 Å². The third-order valence-electron chi connectivity index (χ3n) is 4.15. The maximum absolute atomic E-state index is 14.6. The first-order valence-corrected chi connectivity index (χ1v) is 9.78. The summed E-state index contributed by atoms with van der Waals surface area (Å²) in [6.45, 7) is 2.71. The number of nitrogen functional groups attached to an aromatic ring is 1. The Kier molecular flexibility index (Phi) is 7.08. The quantitative estimate of drug-likeness (QED) is 0.267. The number of nitrogens with one attached hydrogen (secondary N) is 1. The van der Waals surface area contributed by atoms with Crippen molar-refractivity contribution in [3.8, 4) is 0 Å². The molecule has 1 aromatic carbocycles. The predicted octanol–water partition coefficient (Wildman–Crippen LogP) is 5.64. The van der Waals surface area contributed by atoms with Crippen molar-refractivity contribution >= 4 is 34.4 Å². The number of halogens is 5. The van der Waals surface area contributed by atoms with E-state index in [1.54, 1.807) is 18.2 Å². The molecule has 5 nitrogen and oxygen atoms in total. The average Bonchev–Trinajstić information content (AvgIpc) is 2.77.